The van der Waals surface area contributed by atoms with Crippen LogP contribution in [0.4, 0.5) is 0 Å². The molecule has 17 heavy (non-hydrogen) atoms. The van der Waals surface area contributed by atoms with Crippen LogP contribution < -0.4 is 0 Å². The van der Waals surface area contributed by atoms with Gasteiger partial charge in [-0.2, -0.15) is 0 Å². The zero-order valence-corrected chi connectivity index (χ0v) is 10.6. The zero-order chi connectivity index (χ0) is 11.7. The van der Waals surface area contributed by atoms with Crippen LogP contribution in [-0.4, -0.2) is 9.97 Å². The average Bonchev–Trinajstić information content (AvgIpc) is 2.39. The van der Waals surface area contributed by atoms with E-state index in [1.807, 2.05) is 36.4 Å². The molecule has 0 bridgehead atoms. The Kier molecular flexibility index (Phi) is 2.61. The smallest absolute Gasteiger partial charge is 0.116 e. The Labute approximate surface area is 107 Å². The second-order valence-corrected chi connectivity index (χ2v) is 4.67. The molecule has 0 radical (unpaired) electrons. The van der Waals surface area contributed by atoms with Crippen LogP contribution in [0.3, 0.4) is 0 Å². The summed E-state index contributed by atoms with van der Waals surface area (Å²) in [4.78, 5) is 8.67. The molecule has 1 aromatic heterocycles. The molecule has 0 saturated heterocycles. The molecule has 0 aliphatic carbocycles. The maximum absolute atomic E-state index is 4.38. The number of rotatable bonds is 1. The van der Waals surface area contributed by atoms with Crippen molar-refractivity contribution in [1.82, 2.24) is 9.97 Å². The fourth-order valence-corrected chi connectivity index (χ4v) is 2.21. The number of hydrogen-bond acceptors (Lipinski definition) is 2. The summed E-state index contributed by atoms with van der Waals surface area (Å²) >= 11 is 3.45. The number of nitrogens with zero attached hydrogens (tertiary/aromatic N) is 2. The molecule has 3 rings (SSSR count). The van der Waals surface area contributed by atoms with E-state index < -0.39 is 0 Å². The molecule has 0 aliphatic rings. The first kappa shape index (κ1) is 10.4. The molecule has 0 saturated carbocycles. The van der Waals surface area contributed by atoms with Crippen molar-refractivity contribution in [2.75, 3.05) is 0 Å². The highest BCUT2D eigenvalue weighted by Crippen LogP contribution is 2.26. The van der Waals surface area contributed by atoms with Crippen LogP contribution in [0.5, 0.6) is 0 Å². The maximum Gasteiger partial charge on any atom is 0.116 e. The van der Waals surface area contributed by atoms with Crippen molar-refractivity contribution in [3.8, 4) is 11.3 Å². The quantitative estimate of drug-likeness (QED) is 0.673. The van der Waals surface area contributed by atoms with Crippen LogP contribution in [0, 0.1) is 0 Å². The molecule has 0 atom stereocenters. The fourth-order valence-electron chi connectivity index (χ4n) is 1.86. The predicted octanol–water partition coefficient (Wildman–Crippen LogP) is 4.06. The summed E-state index contributed by atoms with van der Waals surface area (Å²) in [6, 6.07) is 16.2. The van der Waals surface area contributed by atoms with Crippen LogP contribution in [-0.2, 0) is 0 Å². The molecule has 2 aromatic carbocycles. The van der Waals surface area contributed by atoms with E-state index >= 15 is 0 Å². The van der Waals surface area contributed by atoms with E-state index in [1.165, 1.54) is 0 Å². The van der Waals surface area contributed by atoms with E-state index in [0.29, 0.717) is 0 Å². The van der Waals surface area contributed by atoms with E-state index in [-0.39, 0.29) is 0 Å². The standard InChI is InChI=1S/C14H9BrN2/c15-11-6-7-12-13(8-11)16-9-17-14(12)10-4-2-1-3-5-10/h1-9H. The summed E-state index contributed by atoms with van der Waals surface area (Å²) in [6.45, 7) is 0. The first-order valence-electron chi connectivity index (χ1n) is 5.30. The first-order valence-corrected chi connectivity index (χ1v) is 6.09. The van der Waals surface area contributed by atoms with Crippen molar-refractivity contribution < 1.29 is 0 Å². The molecule has 82 valence electrons. The van der Waals surface area contributed by atoms with E-state index in [9.17, 15) is 0 Å². The van der Waals surface area contributed by atoms with Gasteiger partial charge in [0.2, 0.25) is 0 Å². The lowest BCUT2D eigenvalue weighted by Crippen LogP contribution is -1.88. The molecule has 0 aliphatic heterocycles. The fraction of sp³-hybridized carbons (Fsp3) is 0. The predicted molar refractivity (Wildman–Crippen MR) is 72.7 cm³/mol. The van der Waals surface area contributed by atoms with Gasteiger partial charge < -0.3 is 0 Å². The summed E-state index contributed by atoms with van der Waals surface area (Å²) < 4.78 is 1.03. The lowest BCUT2D eigenvalue weighted by atomic mass is 10.1. The number of aromatic nitrogens is 2. The van der Waals surface area contributed by atoms with Gasteiger partial charge >= 0.3 is 0 Å². The number of hydrogen-bond donors (Lipinski definition) is 0. The van der Waals surface area contributed by atoms with Crippen LogP contribution in [0.15, 0.2) is 59.3 Å². The van der Waals surface area contributed by atoms with Gasteiger partial charge in [-0.3, -0.25) is 0 Å². The molecule has 0 unspecified atom stereocenters. The summed E-state index contributed by atoms with van der Waals surface area (Å²) in [7, 11) is 0. The van der Waals surface area contributed by atoms with Crippen LogP contribution in [0.25, 0.3) is 22.2 Å². The third-order valence-corrected chi connectivity index (χ3v) is 3.14. The first-order chi connectivity index (χ1) is 8.34. The highest BCUT2D eigenvalue weighted by Gasteiger charge is 2.05. The van der Waals surface area contributed by atoms with Crippen molar-refractivity contribution in [1.29, 1.82) is 0 Å². The van der Waals surface area contributed by atoms with Gasteiger partial charge in [0.25, 0.3) is 0 Å². The Morgan fingerprint density at radius 3 is 2.53 bits per heavy atom. The van der Waals surface area contributed by atoms with E-state index in [1.54, 1.807) is 6.33 Å². The van der Waals surface area contributed by atoms with Gasteiger partial charge in [0.15, 0.2) is 0 Å². The molecule has 3 aromatic rings. The highest BCUT2D eigenvalue weighted by molar-refractivity contribution is 9.10. The Morgan fingerprint density at radius 1 is 0.882 bits per heavy atom. The molecule has 0 N–H and O–H groups in total. The second kappa shape index (κ2) is 4.26. The molecule has 0 spiro atoms. The summed E-state index contributed by atoms with van der Waals surface area (Å²) in [5, 5.41) is 1.07. The van der Waals surface area contributed by atoms with Gasteiger partial charge in [0.05, 0.1) is 11.2 Å². The lowest BCUT2D eigenvalue weighted by Gasteiger charge is -2.05. The monoisotopic (exact) mass is 284 g/mol. The lowest BCUT2D eigenvalue weighted by molar-refractivity contribution is 1.22. The normalized spacial score (nSPS) is 10.6. The Balaban J connectivity index is 2.31. The Hall–Kier alpha value is -1.74. The number of halogens is 1. The van der Waals surface area contributed by atoms with E-state index in [2.05, 4.69) is 38.0 Å². The minimum Gasteiger partial charge on any atom is -0.236 e. The van der Waals surface area contributed by atoms with Gasteiger partial charge in [-0.1, -0.05) is 46.3 Å². The van der Waals surface area contributed by atoms with Gasteiger partial charge in [-0.15, -0.1) is 0 Å². The molecular formula is C14H9BrN2. The molecule has 0 amide bonds. The van der Waals surface area contributed by atoms with Crippen LogP contribution in [0.2, 0.25) is 0 Å². The van der Waals surface area contributed by atoms with Crippen molar-refractivity contribution in [2.24, 2.45) is 0 Å². The topological polar surface area (TPSA) is 25.8 Å². The maximum atomic E-state index is 4.38. The minimum atomic E-state index is 0.952. The van der Waals surface area contributed by atoms with Crippen LogP contribution in [0.1, 0.15) is 0 Å². The number of benzene rings is 2. The zero-order valence-electron chi connectivity index (χ0n) is 8.97. The second-order valence-electron chi connectivity index (χ2n) is 3.75. The van der Waals surface area contributed by atoms with Gasteiger partial charge in [0.1, 0.15) is 6.33 Å². The third kappa shape index (κ3) is 1.94. The van der Waals surface area contributed by atoms with Crippen molar-refractivity contribution in [3.05, 3.63) is 59.3 Å². The van der Waals surface area contributed by atoms with Gasteiger partial charge in [-0.25, -0.2) is 9.97 Å². The highest BCUT2D eigenvalue weighted by atomic mass is 79.9. The van der Waals surface area contributed by atoms with E-state index in [0.717, 1.165) is 26.6 Å². The summed E-state index contributed by atoms with van der Waals surface area (Å²) in [5.41, 5.74) is 3.04. The SMILES string of the molecule is Brc1ccc2c(-c3ccccc3)ncnc2c1. The molecule has 3 heteroatoms. The Morgan fingerprint density at radius 2 is 1.71 bits per heavy atom. The molecular weight excluding hydrogens is 276 g/mol. The number of fused-ring (bicyclic) bond motifs is 1. The summed E-state index contributed by atoms with van der Waals surface area (Å²) in [6.07, 6.45) is 1.61. The molecule has 1 heterocycles. The van der Waals surface area contributed by atoms with Crippen molar-refractivity contribution >= 4 is 26.8 Å². The van der Waals surface area contributed by atoms with Crippen molar-refractivity contribution in [3.63, 3.8) is 0 Å². The van der Waals surface area contributed by atoms with Gasteiger partial charge in [-0.05, 0) is 18.2 Å². The largest absolute Gasteiger partial charge is 0.236 e. The molecule has 0 fully saturated rings. The Bertz CT molecular complexity index is 665. The van der Waals surface area contributed by atoms with Crippen molar-refractivity contribution in [2.45, 2.75) is 0 Å². The minimum absolute atomic E-state index is 0.952. The van der Waals surface area contributed by atoms with Gasteiger partial charge in [0, 0.05) is 15.4 Å². The van der Waals surface area contributed by atoms with E-state index in [4.69, 9.17) is 0 Å². The third-order valence-electron chi connectivity index (χ3n) is 2.65. The van der Waals surface area contributed by atoms with Crippen LogP contribution >= 0.6 is 15.9 Å². The summed E-state index contributed by atoms with van der Waals surface area (Å²) in [5.74, 6) is 0. The molecule has 2 nitrogen and oxygen atoms in total. The average molecular weight is 285 g/mol.